The first-order chi connectivity index (χ1) is 19.7. The Morgan fingerprint density at radius 2 is 1.48 bits per heavy atom. The molecule has 2 aromatic rings. The third kappa shape index (κ3) is 7.81. The summed E-state index contributed by atoms with van der Waals surface area (Å²) in [5.41, 5.74) is -0.137. The average molecular weight is 590 g/mol. The summed E-state index contributed by atoms with van der Waals surface area (Å²) in [4.78, 5) is 43.7. The molecule has 0 bridgehead atoms. The van der Waals surface area contributed by atoms with Crippen LogP contribution < -0.4 is 9.80 Å². The molecule has 0 N–H and O–H groups in total. The van der Waals surface area contributed by atoms with Gasteiger partial charge in [-0.25, -0.2) is 9.59 Å². The fourth-order valence-electron chi connectivity index (χ4n) is 5.31. The van der Waals surface area contributed by atoms with Crippen molar-refractivity contribution in [2.45, 2.75) is 70.4 Å². The molecule has 2 aliphatic rings. The number of piperazine rings is 1. The third-order valence-electron chi connectivity index (χ3n) is 7.48. The molecule has 1 aliphatic carbocycles. The van der Waals surface area contributed by atoms with Crippen LogP contribution in [0.25, 0.3) is 0 Å². The molecule has 1 aliphatic heterocycles. The van der Waals surface area contributed by atoms with E-state index in [-0.39, 0.29) is 36.9 Å². The second-order valence-electron chi connectivity index (χ2n) is 11.9. The summed E-state index contributed by atoms with van der Waals surface area (Å²) in [7, 11) is 1.99. The lowest BCUT2D eigenvalue weighted by atomic mass is 9.90. The molecule has 228 valence electrons. The summed E-state index contributed by atoms with van der Waals surface area (Å²) in [6.07, 6.45) is -4.83. The van der Waals surface area contributed by atoms with Crippen LogP contribution in [0.15, 0.2) is 48.5 Å². The normalized spacial score (nSPS) is 20.1. The predicted octanol–water partition coefficient (Wildman–Crippen LogP) is 5.46. The Bertz CT molecular complexity index is 1260. The molecule has 1 saturated heterocycles. The van der Waals surface area contributed by atoms with Crippen molar-refractivity contribution >= 4 is 29.2 Å². The van der Waals surface area contributed by atoms with Gasteiger partial charge in [-0.05, 0) is 83.8 Å². The first-order valence-electron chi connectivity index (χ1n) is 14.2. The maximum atomic E-state index is 14.1. The highest BCUT2D eigenvalue weighted by atomic mass is 19.4. The number of ether oxygens (including phenoxy) is 2. The molecular weight excluding hydrogens is 551 g/mol. The number of nitrogens with zero attached hydrogens (tertiary/aromatic N) is 3. The van der Waals surface area contributed by atoms with Crippen molar-refractivity contribution in [1.82, 2.24) is 4.90 Å². The molecule has 8 nitrogen and oxygen atoms in total. The summed E-state index contributed by atoms with van der Waals surface area (Å²) in [6.45, 7) is 7.82. The first kappa shape index (κ1) is 31.3. The van der Waals surface area contributed by atoms with Gasteiger partial charge in [0.1, 0.15) is 11.7 Å². The number of carbonyl (C=O) groups excluding carboxylic acids is 3. The number of benzene rings is 2. The maximum Gasteiger partial charge on any atom is 0.471 e. The highest BCUT2D eigenvalue weighted by Gasteiger charge is 2.47. The Morgan fingerprint density at radius 3 is 2.05 bits per heavy atom. The van der Waals surface area contributed by atoms with E-state index in [1.807, 2.05) is 11.9 Å². The van der Waals surface area contributed by atoms with Crippen LogP contribution in [0, 0.1) is 0 Å². The Balaban J connectivity index is 1.65. The quantitative estimate of drug-likeness (QED) is 0.414. The number of amides is 1. The summed E-state index contributed by atoms with van der Waals surface area (Å²) < 4.78 is 53.4. The smallest absolute Gasteiger partial charge is 0.459 e. The van der Waals surface area contributed by atoms with Gasteiger partial charge >= 0.3 is 24.0 Å². The average Bonchev–Trinajstić information content (AvgIpc) is 2.93. The number of carbonyl (C=O) groups is 3. The molecular formula is C31H38F3N3O5. The fourth-order valence-corrected chi connectivity index (χ4v) is 5.31. The molecule has 2 fully saturated rings. The lowest BCUT2D eigenvalue weighted by Crippen LogP contribution is -2.50. The zero-order valence-corrected chi connectivity index (χ0v) is 24.4. The molecule has 1 heterocycles. The van der Waals surface area contributed by atoms with E-state index < -0.39 is 41.8 Å². The van der Waals surface area contributed by atoms with Crippen molar-refractivity contribution < 1.29 is 37.0 Å². The second kappa shape index (κ2) is 12.7. The van der Waals surface area contributed by atoms with Crippen LogP contribution >= 0.6 is 0 Å². The van der Waals surface area contributed by atoms with Gasteiger partial charge in [0.2, 0.25) is 0 Å². The molecule has 1 amide bonds. The van der Waals surface area contributed by atoms with Crippen LogP contribution in [-0.2, 0) is 14.3 Å². The van der Waals surface area contributed by atoms with Crippen molar-refractivity contribution in [3.05, 3.63) is 59.7 Å². The van der Waals surface area contributed by atoms with Gasteiger partial charge < -0.3 is 24.2 Å². The number of hydrogen-bond acceptors (Lipinski definition) is 7. The number of rotatable bonds is 6. The Hall–Kier alpha value is -3.60. The first-order valence-corrected chi connectivity index (χ1v) is 14.2. The monoisotopic (exact) mass is 589 g/mol. The summed E-state index contributed by atoms with van der Waals surface area (Å²) in [5, 5.41) is 0. The van der Waals surface area contributed by atoms with E-state index in [4.69, 9.17) is 9.47 Å². The number of hydrogen-bond donors (Lipinski definition) is 0. The van der Waals surface area contributed by atoms with E-state index in [0.717, 1.165) is 13.1 Å². The topological polar surface area (TPSA) is 79.4 Å². The molecule has 0 atom stereocenters. The van der Waals surface area contributed by atoms with E-state index >= 15 is 0 Å². The zero-order valence-electron chi connectivity index (χ0n) is 24.4. The minimum Gasteiger partial charge on any atom is -0.459 e. The van der Waals surface area contributed by atoms with E-state index in [9.17, 15) is 27.6 Å². The molecule has 11 heteroatoms. The van der Waals surface area contributed by atoms with Gasteiger partial charge in [0.25, 0.3) is 0 Å². The molecule has 4 rings (SSSR count). The van der Waals surface area contributed by atoms with Crippen LogP contribution in [0.2, 0.25) is 0 Å². The van der Waals surface area contributed by atoms with Crippen LogP contribution in [-0.4, -0.2) is 79.9 Å². The van der Waals surface area contributed by atoms with Crippen LogP contribution in [0.4, 0.5) is 24.5 Å². The number of anilines is 2. The number of esters is 2. The third-order valence-corrected chi connectivity index (χ3v) is 7.48. The largest absolute Gasteiger partial charge is 0.471 e. The van der Waals surface area contributed by atoms with Crippen LogP contribution in [0.5, 0.6) is 0 Å². The highest BCUT2D eigenvalue weighted by molar-refractivity contribution is 6.05. The highest BCUT2D eigenvalue weighted by Crippen LogP contribution is 2.37. The molecule has 0 radical (unpaired) electrons. The minimum absolute atomic E-state index is 0.113. The van der Waals surface area contributed by atoms with E-state index in [1.165, 1.54) is 12.1 Å². The molecule has 0 aromatic heterocycles. The molecule has 0 spiro atoms. The SMILES string of the molecule is CN1CCN(c2ccc(C(=O)OC(C)(C)C)c(N(C(=O)C(F)(F)F)C3CCC(OC(=O)c4ccccc4)CC3)c2)CC1. The number of halogens is 3. The zero-order chi connectivity index (χ0) is 30.7. The molecule has 42 heavy (non-hydrogen) atoms. The van der Waals surface area contributed by atoms with E-state index in [1.54, 1.807) is 57.2 Å². The Labute approximate surface area is 244 Å². The molecule has 1 saturated carbocycles. The second-order valence-corrected chi connectivity index (χ2v) is 11.9. The van der Waals surface area contributed by atoms with Crippen molar-refractivity contribution in [3.63, 3.8) is 0 Å². The van der Waals surface area contributed by atoms with E-state index in [0.29, 0.717) is 29.2 Å². The van der Waals surface area contributed by atoms with Crippen LogP contribution in [0.3, 0.4) is 0 Å². The Kier molecular flexibility index (Phi) is 9.50. The maximum absolute atomic E-state index is 14.1. The lowest BCUT2D eigenvalue weighted by molar-refractivity contribution is -0.171. The Morgan fingerprint density at radius 1 is 0.857 bits per heavy atom. The van der Waals surface area contributed by atoms with Gasteiger partial charge in [0.15, 0.2) is 0 Å². The van der Waals surface area contributed by atoms with Crippen molar-refractivity contribution in [2.75, 3.05) is 43.0 Å². The number of likely N-dealkylation sites (N-methyl/N-ethyl adjacent to an activating group) is 1. The predicted molar refractivity (Wildman–Crippen MR) is 153 cm³/mol. The van der Waals surface area contributed by atoms with Crippen molar-refractivity contribution in [3.8, 4) is 0 Å². The van der Waals surface area contributed by atoms with Gasteiger partial charge in [-0.1, -0.05) is 18.2 Å². The van der Waals surface area contributed by atoms with Gasteiger partial charge in [0.05, 0.1) is 16.8 Å². The lowest BCUT2D eigenvalue weighted by Gasteiger charge is -2.39. The molecule has 2 aromatic carbocycles. The van der Waals surface area contributed by atoms with Gasteiger partial charge in [0, 0.05) is 37.9 Å². The van der Waals surface area contributed by atoms with Crippen molar-refractivity contribution in [2.24, 2.45) is 0 Å². The van der Waals surface area contributed by atoms with Gasteiger partial charge in [-0.15, -0.1) is 0 Å². The fraction of sp³-hybridized carbons (Fsp3) is 0.516. The summed E-state index contributed by atoms with van der Waals surface area (Å²) >= 11 is 0. The van der Waals surface area contributed by atoms with E-state index in [2.05, 4.69) is 4.90 Å². The summed E-state index contributed by atoms with van der Waals surface area (Å²) in [6, 6.07) is 12.2. The number of alkyl halides is 3. The van der Waals surface area contributed by atoms with Gasteiger partial charge in [-0.2, -0.15) is 13.2 Å². The van der Waals surface area contributed by atoms with Crippen LogP contribution in [0.1, 0.15) is 67.2 Å². The summed E-state index contributed by atoms with van der Waals surface area (Å²) in [5.74, 6) is -3.37. The molecule has 0 unspecified atom stereocenters. The minimum atomic E-state index is -5.17. The van der Waals surface area contributed by atoms with Crippen molar-refractivity contribution in [1.29, 1.82) is 0 Å². The van der Waals surface area contributed by atoms with Gasteiger partial charge in [-0.3, -0.25) is 4.79 Å². The standard InChI is InChI=1S/C31H38F3N3O5/c1-30(2,3)42-28(39)25-15-12-23(36-18-16-35(4)17-19-36)20-26(25)37(29(40)31(32,33)34)22-10-13-24(14-11-22)41-27(38)21-8-6-5-7-9-21/h5-9,12,15,20,22,24H,10-11,13-14,16-19H2,1-4H3.